The van der Waals surface area contributed by atoms with Crippen molar-refractivity contribution in [3.05, 3.63) is 81.7 Å². The molecule has 0 unspecified atom stereocenters. The number of nitrogens with one attached hydrogen (secondary N) is 1. The summed E-state index contributed by atoms with van der Waals surface area (Å²) in [6, 6.07) is 15.0. The Labute approximate surface area is 191 Å². The van der Waals surface area contributed by atoms with Gasteiger partial charge in [-0.3, -0.25) is 4.79 Å². The summed E-state index contributed by atoms with van der Waals surface area (Å²) in [5.41, 5.74) is 2.22. The molecule has 9 heteroatoms. The molecule has 7 nitrogen and oxygen atoms in total. The fraction of sp³-hybridized carbons (Fsp3) is 0.217. The minimum Gasteiger partial charge on any atom is -0.465 e. The van der Waals surface area contributed by atoms with E-state index in [1.54, 1.807) is 6.92 Å². The molecule has 2 aromatic carbocycles. The number of carbonyl (C=O) groups is 2. The van der Waals surface area contributed by atoms with E-state index in [2.05, 4.69) is 5.32 Å². The molecule has 168 valence electrons. The van der Waals surface area contributed by atoms with E-state index in [-0.39, 0.29) is 17.0 Å². The third kappa shape index (κ3) is 4.90. The van der Waals surface area contributed by atoms with Crippen molar-refractivity contribution in [1.82, 2.24) is 4.31 Å². The van der Waals surface area contributed by atoms with Gasteiger partial charge in [-0.2, -0.15) is 4.31 Å². The highest BCUT2D eigenvalue weighted by atomic mass is 32.2. The maximum absolute atomic E-state index is 12.9. The Morgan fingerprint density at radius 2 is 1.66 bits per heavy atom. The Hall–Kier alpha value is -3.01. The zero-order valence-electron chi connectivity index (χ0n) is 18.2. The molecule has 1 heterocycles. The van der Waals surface area contributed by atoms with Gasteiger partial charge in [-0.05, 0) is 49.2 Å². The van der Waals surface area contributed by atoms with Crippen LogP contribution in [0.1, 0.15) is 36.7 Å². The van der Waals surface area contributed by atoms with Crippen molar-refractivity contribution in [2.24, 2.45) is 0 Å². The van der Waals surface area contributed by atoms with E-state index in [9.17, 15) is 18.0 Å². The maximum atomic E-state index is 12.9. The van der Waals surface area contributed by atoms with Crippen LogP contribution in [0.25, 0.3) is 0 Å². The van der Waals surface area contributed by atoms with Crippen LogP contribution in [0.5, 0.6) is 0 Å². The van der Waals surface area contributed by atoms with E-state index >= 15 is 0 Å². The number of sulfonamides is 1. The minimum atomic E-state index is -3.72. The second-order valence-electron chi connectivity index (χ2n) is 7.20. The summed E-state index contributed by atoms with van der Waals surface area (Å²) in [7, 11) is -0.921. The summed E-state index contributed by atoms with van der Waals surface area (Å²) < 4.78 is 31.8. The number of hydrogen-bond donors (Lipinski definition) is 1. The van der Waals surface area contributed by atoms with Crippen molar-refractivity contribution in [2.45, 2.75) is 25.3 Å². The fourth-order valence-corrected chi connectivity index (χ4v) is 5.32. The van der Waals surface area contributed by atoms with E-state index in [0.717, 1.165) is 16.0 Å². The van der Waals surface area contributed by atoms with Crippen molar-refractivity contribution >= 4 is 38.2 Å². The number of rotatable bonds is 7. The lowest BCUT2D eigenvalue weighted by atomic mass is 10.1. The Bertz CT molecular complexity index is 1230. The van der Waals surface area contributed by atoms with E-state index in [4.69, 9.17) is 4.74 Å². The van der Waals surface area contributed by atoms with Crippen LogP contribution in [-0.2, 0) is 21.3 Å². The molecule has 3 rings (SSSR count). The van der Waals surface area contributed by atoms with Crippen molar-refractivity contribution in [3.63, 3.8) is 0 Å². The van der Waals surface area contributed by atoms with Gasteiger partial charge in [0.25, 0.3) is 5.91 Å². The van der Waals surface area contributed by atoms with E-state index in [1.807, 2.05) is 37.3 Å². The monoisotopic (exact) mass is 472 g/mol. The molecule has 1 amide bonds. The lowest BCUT2D eigenvalue weighted by molar-refractivity contribution is 0.0601. The first kappa shape index (κ1) is 23.6. The number of carbonyl (C=O) groups excluding carboxylic acids is 2. The zero-order chi connectivity index (χ0) is 23.5. The van der Waals surface area contributed by atoms with E-state index in [0.29, 0.717) is 10.6 Å². The molecule has 3 aromatic rings. The SMILES string of the molecule is COC(=O)c1c(NC(=O)c2ccc(S(=O)(=O)N(C)Cc3ccccc3)cc2)sc(C)c1C. The molecule has 0 atom stereocenters. The standard InChI is InChI=1S/C23H24N2O5S2/c1-15-16(2)31-22(20(15)23(27)30-4)24-21(26)18-10-12-19(13-11-18)32(28,29)25(3)14-17-8-6-5-7-9-17/h5-13H,14H2,1-4H3,(H,24,26). The van der Waals surface area contributed by atoms with E-state index < -0.39 is 21.9 Å². The first-order valence-corrected chi connectivity index (χ1v) is 12.0. The number of ether oxygens (including phenoxy) is 1. The number of thiophene rings is 1. The number of esters is 1. The Morgan fingerprint density at radius 1 is 1.03 bits per heavy atom. The molecule has 0 saturated heterocycles. The average Bonchev–Trinajstić information content (AvgIpc) is 3.06. The third-order valence-electron chi connectivity index (χ3n) is 5.07. The van der Waals surface area contributed by atoms with Crippen LogP contribution < -0.4 is 5.32 Å². The highest BCUT2D eigenvalue weighted by molar-refractivity contribution is 7.89. The molecule has 0 saturated carbocycles. The van der Waals surface area contributed by atoms with Gasteiger partial charge in [0.05, 0.1) is 17.6 Å². The summed E-state index contributed by atoms with van der Waals surface area (Å²) >= 11 is 1.28. The first-order chi connectivity index (χ1) is 15.1. The average molecular weight is 473 g/mol. The van der Waals surface area contributed by atoms with Gasteiger partial charge in [-0.15, -0.1) is 11.3 Å². The van der Waals surface area contributed by atoms with Gasteiger partial charge >= 0.3 is 5.97 Å². The molecular formula is C23H24N2O5S2. The molecule has 0 fully saturated rings. The predicted molar refractivity (Wildman–Crippen MR) is 125 cm³/mol. The van der Waals surface area contributed by atoms with Crippen molar-refractivity contribution in [2.75, 3.05) is 19.5 Å². The maximum Gasteiger partial charge on any atom is 0.341 e. The van der Waals surface area contributed by atoms with Gasteiger partial charge < -0.3 is 10.1 Å². The second-order valence-corrected chi connectivity index (χ2v) is 10.5. The predicted octanol–water partition coefficient (Wildman–Crippen LogP) is 4.22. The van der Waals surface area contributed by atoms with Crippen LogP contribution in [0.4, 0.5) is 5.00 Å². The van der Waals surface area contributed by atoms with Crippen LogP contribution >= 0.6 is 11.3 Å². The van der Waals surface area contributed by atoms with Gasteiger partial charge in [0.1, 0.15) is 5.00 Å². The number of anilines is 1. The molecule has 1 N–H and O–H groups in total. The van der Waals surface area contributed by atoms with Crippen LogP contribution in [0, 0.1) is 13.8 Å². The number of nitrogens with zero attached hydrogens (tertiary/aromatic N) is 1. The zero-order valence-corrected chi connectivity index (χ0v) is 19.8. The molecule has 0 aliphatic heterocycles. The van der Waals surface area contributed by atoms with E-state index in [1.165, 1.54) is 54.1 Å². The Morgan fingerprint density at radius 3 is 2.25 bits per heavy atom. The second kappa shape index (κ2) is 9.64. The number of amides is 1. The van der Waals surface area contributed by atoms with Crippen molar-refractivity contribution in [3.8, 4) is 0 Å². The Kier molecular flexibility index (Phi) is 7.12. The normalized spacial score (nSPS) is 11.4. The summed E-state index contributed by atoms with van der Waals surface area (Å²) in [4.78, 5) is 25.8. The summed E-state index contributed by atoms with van der Waals surface area (Å²) in [5.74, 6) is -0.969. The topological polar surface area (TPSA) is 92.8 Å². The molecule has 32 heavy (non-hydrogen) atoms. The van der Waals surface area contributed by atoms with Crippen molar-refractivity contribution < 1.29 is 22.7 Å². The molecular weight excluding hydrogens is 448 g/mol. The van der Waals surface area contributed by atoms with Crippen LogP contribution in [-0.4, -0.2) is 38.8 Å². The molecule has 0 spiro atoms. The van der Waals surface area contributed by atoms with Crippen LogP contribution in [0.3, 0.4) is 0 Å². The molecule has 0 aliphatic carbocycles. The van der Waals surface area contributed by atoms with Crippen LogP contribution in [0.15, 0.2) is 59.5 Å². The molecule has 1 aromatic heterocycles. The fourth-order valence-electron chi connectivity index (χ4n) is 3.12. The number of methoxy groups -OCH3 is 1. The molecule has 0 radical (unpaired) electrons. The van der Waals surface area contributed by atoms with Gasteiger partial charge in [-0.1, -0.05) is 30.3 Å². The summed E-state index contributed by atoms with van der Waals surface area (Å²) in [6.45, 7) is 3.88. The van der Waals surface area contributed by atoms with Crippen molar-refractivity contribution in [1.29, 1.82) is 0 Å². The quantitative estimate of drug-likeness (QED) is 0.520. The lowest BCUT2D eigenvalue weighted by Crippen LogP contribution is -2.26. The Balaban J connectivity index is 1.78. The number of hydrogen-bond acceptors (Lipinski definition) is 6. The van der Waals surface area contributed by atoms with Gasteiger partial charge in [0.2, 0.25) is 10.0 Å². The molecule has 0 bridgehead atoms. The van der Waals surface area contributed by atoms with Gasteiger partial charge in [0, 0.05) is 24.0 Å². The van der Waals surface area contributed by atoms with Gasteiger partial charge in [0.15, 0.2) is 0 Å². The summed E-state index contributed by atoms with van der Waals surface area (Å²) in [6.07, 6.45) is 0. The third-order valence-corrected chi connectivity index (χ3v) is 8.01. The highest BCUT2D eigenvalue weighted by Gasteiger charge is 2.23. The largest absolute Gasteiger partial charge is 0.465 e. The molecule has 0 aliphatic rings. The number of benzene rings is 2. The van der Waals surface area contributed by atoms with Gasteiger partial charge in [-0.25, -0.2) is 13.2 Å². The minimum absolute atomic E-state index is 0.0885. The first-order valence-electron chi connectivity index (χ1n) is 9.75. The smallest absolute Gasteiger partial charge is 0.341 e. The number of aryl methyl sites for hydroxylation is 1. The lowest BCUT2D eigenvalue weighted by Gasteiger charge is -2.17. The summed E-state index contributed by atoms with van der Waals surface area (Å²) in [5, 5.41) is 3.14. The highest BCUT2D eigenvalue weighted by Crippen LogP contribution is 2.33. The van der Waals surface area contributed by atoms with Crippen LogP contribution in [0.2, 0.25) is 0 Å².